The molecule has 27 nitrogen and oxygen atoms in total. The van der Waals surface area contributed by atoms with Gasteiger partial charge in [-0.05, 0) is 160 Å². The molecule has 0 aliphatic rings. The molecule has 9 aromatic carbocycles. The summed E-state index contributed by atoms with van der Waals surface area (Å²) >= 11 is 0. The summed E-state index contributed by atoms with van der Waals surface area (Å²) in [5, 5.41) is 95.4. The van der Waals surface area contributed by atoms with E-state index in [1.807, 2.05) is 43.4 Å². The van der Waals surface area contributed by atoms with Crippen molar-refractivity contribution in [3.63, 3.8) is 0 Å². The summed E-state index contributed by atoms with van der Waals surface area (Å²) in [7, 11) is 1.85. The zero-order valence-electron chi connectivity index (χ0n) is 53.4. The third-order valence-corrected chi connectivity index (χ3v) is 15.8. The summed E-state index contributed by atoms with van der Waals surface area (Å²) < 4.78 is 4.99. The van der Waals surface area contributed by atoms with E-state index in [9.17, 15) is 49.0 Å². The lowest BCUT2D eigenvalue weighted by atomic mass is 10.0. The molecule has 506 valence electrons. The van der Waals surface area contributed by atoms with E-state index >= 15 is 0 Å². The minimum atomic E-state index is -1.05. The summed E-state index contributed by atoms with van der Waals surface area (Å²) in [6.45, 7) is 2.16. The van der Waals surface area contributed by atoms with Crippen molar-refractivity contribution < 1.29 is 64.1 Å². The van der Waals surface area contributed by atoms with Gasteiger partial charge in [0.1, 0.15) is 17.1 Å². The van der Waals surface area contributed by atoms with Crippen LogP contribution >= 0.6 is 0 Å². The zero-order chi connectivity index (χ0) is 71.0. The normalized spacial score (nSPS) is 10.9. The van der Waals surface area contributed by atoms with Gasteiger partial charge in [0.2, 0.25) is 0 Å². The average molecular weight is 1350 g/mol. The molecule has 0 bridgehead atoms. The van der Waals surface area contributed by atoms with Crippen molar-refractivity contribution in [3.8, 4) is 50.8 Å². The molecule has 3 heterocycles. The molecule has 27 heteroatoms. The topological polar surface area (TPSA) is 391 Å². The number of nitrogens with one attached hydrogen (secondary N) is 4. The number of carboxylic acid groups (broad SMARTS) is 3. The SMILES string of the molecule is CNCCCNC(=O)c1ccc(-c2nn(-c3ccc(C(=O)O)cc3)c3ccc([N+](=O)[O-])cc23)cc1.O=C(O)c1ccc(-n2nc(-c3ccc(C(=O)NCCCO)cc3)c3cc([N+](=O)[O-])ccc32)cc1.O=C(O)c1ccc(-n2nc(-c3ccc(C(=O)NCCCO)cc3)c3ccccc32)cc1. The number of nitro groups is 2. The summed E-state index contributed by atoms with van der Waals surface area (Å²) in [5.41, 5.74) is 9.83. The molecule has 0 aliphatic heterocycles. The number of aromatic carboxylic acids is 3. The van der Waals surface area contributed by atoms with Crippen LogP contribution < -0.4 is 21.3 Å². The van der Waals surface area contributed by atoms with Gasteiger partial charge in [-0.3, -0.25) is 34.6 Å². The number of hydrogen-bond donors (Lipinski definition) is 9. The second-order valence-corrected chi connectivity index (χ2v) is 22.4. The van der Waals surface area contributed by atoms with E-state index in [1.165, 1.54) is 48.5 Å². The Morgan fingerprint density at radius 3 is 0.990 bits per heavy atom. The Hall–Kier alpha value is -13.1. The van der Waals surface area contributed by atoms with Crippen LogP contribution in [0.4, 0.5) is 11.4 Å². The second kappa shape index (κ2) is 32.1. The Kier molecular flexibility index (Phi) is 22.4. The number of benzene rings is 9. The maximum absolute atomic E-state index is 12.4. The quantitative estimate of drug-likeness (QED) is 0.0154. The molecular weight excluding hydrogens is 1280 g/mol. The third kappa shape index (κ3) is 16.2. The van der Waals surface area contributed by atoms with Crippen LogP contribution in [0.1, 0.15) is 81.4 Å². The molecule has 9 N–H and O–H groups in total. The van der Waals surface area contributed by atoms with Crippen molar-refractivity contribution in [2.45, 2.75) is 19.3 Å². The van der Waals surface area contributed by atoms with Crippen molar-refractivity contribution in [1.29, 1.82) is 0 Å². The van der Waals surface area contributed by atoms with Crippen LogP contribution in [0, 0.1) is 20.2 Å². The molecule has 0 atom stereocenters. The van der Waals surface area contributed by atoms with Gasteiger partial charge in [0.15, 0.2) is 0 Å². The lowest BCUT2D eigenvalue weighted by molar-refractivity contribution is -0.384. The molecule has 3 aromatic heterocycles. The summed E-state index contributed by atoms with van der Waals surface area (Å²) in [5.74, 6) is -3.70. The predicted molar refractivity (Wildman–Crippen MR) is 373 cm³/mol. The summed E-state index contributed by atoms with van der Waals surface area (Å²) in [6.07, 6.45) is 1.79. The van der Waals surface area contributed by atoms with Gasteiger partial charge in [-0.2, -0.15) is 15.3 Å². The fourth-order valence-corrected chi connectivity index (χ4v) is 10.6. The third-order valence-electron chi connectivity index (χ3n) is 15.8. The number of carbonyl (C=O) groups is 6. The van der Waals surface area contributed by atoms with Gasteiger partial charge in [-0.15, -0.1) is 0 Å². The van der Waals surface area contributed by atoms with E-state index in [4.69, 9.17) is 30.6 Å². The van der Waals surface area contributed by atoms with Crippen LogP contribution in [0.5, 0.6) is 0 Å². The van der Waals surface area contributed by atoms with Crippen molar-refractivity contribution in [3.05, 3.63) is 260 Å². The fraction of sp³-hybridized carbons (Fsp3) is 0.137. The highest BCUT2D eigenvalue weighted by molar-refractivity contribution is 6.01. The highest BCUT2D eigenvalue weighted by Crippen LogP contribution is 2.36. The molecule has 0 radical (unpaired) electrons. The highest BCUT2D eigenvalue weighted by Gasteiger charge is 2.22. The number of aromatic nitrogens is 6. The second-order valence-electron chi connectivity index (χ2n) is 22.4. The number of hydrogen-bond acceptors (Lipinski definition) is 16. The van der Waals surface area contributed by atoms with Crippen molar-refractivity contribution in [2.75, 3.05) is 46.4 Å². The Balaban J connectivity index is 0.000000162. The predicted octanol–water partition coefficient (Wildman–Crippen LogP) is 10.6. The average Bonchev–Trinajstić information content (AvgIpc) is 1.63. The van der Waals surface area contributed by atoms with Crippen LogP contribution in [-0.2, 0) is 0 Å². The maximum Gasteiger partial charge on any atom is 0.335 e. The van der Waals surface area contributed by atoms with E-state index < -0.39 is 27.8 Å². The molecule has 12 aromatic rings. The number of aliphatic hydroxyl groups excluding tert-OH is 2. The minimum absolute atomic E-state index is 0.0138. The molecule has 0 aliphatic carbocycles. The van der Waals surface area contributed by atoms with Crippen LogP contribution in [-0.4, -0.2) is 147 Å². The number of nitro benzene ring substituents is 2. The zero-order valence-corrected chi connectivity index (χ0v) is 53.4. The number of fused-ring (bicyclic) bond motifs is 3. The maximum atomic E-state index is 12.4. The molecule has 100 heavy (non-hydrogen) atoms. The monoisotopic (exact) mass is 1350 g/mol. The Labute approximate surface area is 568 Å². The first-order chi connectivity index (χ1) is 48.3. The number of carbonyl (C=O) groups excluding carboxylic acids is 3. The molecule has 12 rings (SSSR count). The van der Waals surface area contributed by atoms with E-state index in [1.54, 1.807) is 135 Å². The Morgan fingerprint density at radius 1 is 0.380 bits per heavy atom. The van der Waals surface area contributed by atoms with Gasteiger partial charge in [-0.25, -0.2) is 28.4 Å². The van der Waals surface area contributed by atoms with Crippen molar-refractivity contribution in [1.82, 2.24) is 50.6 Å². The standard InChI is InChI=1S/C25H23N5O5.C24H20N4O6.C24H21N3O4/c1-26-13-2-14-27-24(31)17-5-3-16(4-6-17)23-21-15-20(30(34)35)11-12-22(21)29(28-23)19-9-7-18(8-10-19)25(32)33;29-13-1-12-25-23(30)16-4-2-15(3-5-16)22-20-14-19(28(33)34)10-11-21(20)27(26-22)18-8-6-17(7-9-18)24(31)32;28-15-3-14-25-23(29)17-8-6-16(7-9-17)22-20-4-1-2-5-21(20)27(26-22)19-12-10-18(11-13-19)24(30)31/h3-12,15,26H,2,13-14H2,1H3,(H,27,31)(H,32,33);2-11,14,29H,1,12-13H2,(H,25,30)(H,31,32);1-2,4-13,28H,3,14-15H2,(H,25,29)(H,30,31). The largest absolute Gasteiger partial charge is 0.478 e. The molecule has 0 unspecified atom stereocenters. The highest BCUT2D eigenvalue weighted by atomic mass is 16.6. The molecule has 0 fully saturated rings. The van der Waals surface area contributed by atoms with Gasteiger partial charge in [-0.1, -0.05) is 54.6 Å². The molecule has 3 amide bonds. The number of aliphatic hydroxyl groups is 2. The first-order valence-corrected chi connectivity index (χ1v) is 31.2. The first kappa shape index (κ1) is 69.7. The van der Waals surface area contributed by atoms with Crippen LogP contribution in [0.2, 0.25) is 0 Å². The smallest absolute Gasteiger partial charge is 0.335 e. The van der Waals surface area contributed by atoms with Gasteiger partial charge in [0.25, 0.3) is 29.1 Å². The van der Waals surface area contributed by atoms with Crippen LogP contribution in [0.3, 0.4) is 0 Å². The van der Waals surface area contributed by atoms with Crippen molar-refractivity contribution >= 4 is 79.7 Å². The molecular formula is C73H64N12O15. The Bertz CT molecular complexity index is 5000. The lowest BCUT2D eigenvalue weighted by Crippen LogP contribution is -2.26. The van der Waals surface area contributed by atoms with Gasteiger partial charge >= 0.3 is 17.9 Å². The first-order valence-electron chi connectivity index (χ1n) is 31.2. The van der Waals surface area contributed by atoms with E-state index in [2.05, 4.69) is 31.5 Å². The minimum Gasteiger partial charge on any atom is -0.478 e. The van der Waals surface area contributed by atoms with Gasteiger partial charge < -0.3 is 46.8 Å². The fourth-order valence-electron chi connectivity index (χ4n) is 10.6. The molecule has 0 saturated heterocycles. The van der Waals surface area contributed by atoms with Gasteiger partial charge in [0, 0.05) is 107 Å². The van der Waals surface area contributed by atoms with Crippen LogP contribution in [0.25, 0.3) is 83.5 Å². The summed E-state index contributed by atoms with van der Waals surface area (Å²) in [4.78, 5) is 92.1. The number of nitrogens with zero attached hydrogens (tertiary/aromatic N) is 8. The van der Waals surface area contributed by atoms with Crippen molar-refractivity contribution in [2.24, 2.45) is 0 Å². The number of rotatable bonds is 24. The number of para-hydroxylation sites is 1. The molecule has 0 spiro atoms. The van der Waals surface area contributed by atoms with E-state index in [0.717, 1.165) is 40.8 Å². The molecule has 0 saturated carbocycles. The van der Waals surface area contributed by atoms with E-state index in [-0.39, 0.29) is 59.0 Å². The number of non-ortho nitro benzene ring substituents is 2. The Morgan fingerprint density at radius 2 is 0.680 bits per heavy atom. The van der Waals surface area contributed by atoms with Gasteiger partial charge in [0.05, 0.1) is 60.1 Å². The summed E-state index contributed by atoms with van der Waals surface area (Å²) in [6, 6.07) is 56.4. The van der Waals surface area contributed by atoms with Crippen LogP contribution in [0.15, 0.2) is 206 Å². The lowest BCUT2D eigenvalue weighted by Gasteiger charge is -2.06. The number of amides is 3. The number of carboxylic acids is 3. The van der Waals surface area contributed by atoms with E-state index in [0.29, 0.717) is 105 Å².